The van der Waals surface area contributed by atoms with Crippen LogP contribution in [0, 0.1) is 0 Å². The topological polar surface area (TPSA) is 31.6 Å². The quantitative estimate of drug-likeness (QED) is 0.244. The predicted molar refractivity (Wildman–Crippen MR) is 144 cm³/mol. The Labute approximate surface area is 199 Å². The minimum Gasteiger partial charge on any atom is -0.355 e. The summed E-state index contributed by atoms with van der Waals surface area (Å²) in [7, 11) is 0. The predicted octanol–water partition coefficient (Wildman–Crippen LogP) is 9.05. The van der Waals surface area contributed by atoms with Crippen LogP contribution in [0.5, 0.6) is 0 Å². The zero-order valence-corrected chi connectivity index (χ0v) is 19.3. The summed E-state index contributed by atoms with van der Waals surface area (Å²) < 4.78 is 1.08. The van der Waals surface area contributed by atoms with Crippen molar-refractivity contribution in [3.8, 4) is 22.3 Å². The highest BCUT2D eigenvalue weighted by Gasteiger charge is 2.14. The molecule has 5 aromatic carbocycles. The van der Waals surface area contributed by atoms with Crippen molar-refractivity contribution in [2.45, 2.75) is 0 Å². The van der Waals surface area contributed by atoms with E-state index in [2.05, 4.69) is 129 Å². The molecule has 0 spiro atoms. The zero-order chi connectivity index (χ0) is 21.9. The highest BCUT2D eigenvalue weighted by molar-refractivity contribution is 9.10. The van der Waals surface area contributed by atoms with E-state index in [0.717, 1.165) is 9.99 Å². The van der Waals surface area contributed by atoms with E-state index in [1.807, 2.05) is 0 Å². The van der Waals surface area contributed by atoms with Gasteiger partial charge in [0.1, 0.15) is 0 Å². The van der Waals surface area contributed by atoms with Gasteiger partial charge in [-0.3, -0.25) is 0 Å². The van der Waals surface area contributed by atoms with E-state index < -0.39 is 0 Å². The second-order valence-electron chi connectivity index (χ2n) is 8.55. The lowest BCUT2D eigenvalue weighted by molar-refractivity contribution is 1.52. The van der Waals surface area contributed by atoms with Crippen molar-refractivity contribution in [1.29, 1.82) is 0 Å². The first-order chi connectivity index (χ1) is 16.2. The van der Waals surface area contributed by atoms with Crippen LogP contribution in [0.25, 0.3) is 65.9 Å². The highest BCUT2D eigenvalue weighted by Crippen LogP contribution is 2.39. The largest absolute Gasteiger partial charge is 0.355 e. The van der Waals surface area contributed by atoms with E-state index in [-0.39, 0.29) is 0 Å². The number of aromatic amines is 2. The second-order valence-corrected chi connectivity index (χ2v) is 9.47. The summed E-state index contributed by atoms with van der Waals surface area (Å²) in [5.41, 5.74) is 9.53. The molecule has 7 aromatic rings. The van der Waals surface area contributed by atoms with Gasteiger partial charge in [0, 0.05) is 48.1 Å². The first kappa shape index (κ1) is 18.7. The number of H-pyrrole nitrogens is 2. The number of aromatic nitrogens is 2. The Morgan fingerprint density at radius 1 is 0.455 bits per heavy atom. The minimum absolute atomic E-state index is 1.08. The third kappa shape index (κ3) is 2.93. The summed E-state index contributed by atoms with van der Waals surface area (Å²) in [6, 6.07) is 37.0. The van der Waals surface area contributed by atoms with Crippen LogP contribution in [-0.2, 0) is 0 Å². The Morgan fingerprint density at radius 3 is 1.85 bits per heavy atom. The molecule has 0 amide bonds. The Balaban J connectivity index is 1.54. The van der Waals surface area contributed by atoms with E-state index in [1.165, 1.54) is 60.3 Å². The second kappa shape index (κ2) is 7.09. The molecule has 2 N–H and O–H groups in total. The summed E-state index contributed by atoms with van der Waals surface area (Å²) in [5, 5.41) is 5.02. The van der Waals surface area contributed by atoms with Crippen molar-refractivity contribution < 1.29 is 0 Å². The molecule has 0 fully saturated rings. The van der Waals surface area contributed by atoms with Crippen molar-refractivity contribution in [1.82, 2.24) is 9.97 Å². The Kier molecular flexibility index (Phi) is 4.02. The van der Waals surface area contributed by atoms with Gasteiger partial charge in [-0.25, -0.2) is 0 Å². The molecule has 0 saturated carbocycles. The van der Waals surface area contributed by atoms with Crippen LogP contribution < -0.4 is 0 Å². The maximum Gasteiger partial charge on any atom is 0.0544 e. The van der Waals surface area contributed by atoms with Crippen LogP contribution >= 0.6 is 15.9 Å². The Morgan fingerprint density at radius 2 is 1.06 bits per heavy atom. The number of rotatable bonds is 2. The molecule has 0 radical (unpaired) electrons. The fourth-order valence-corrected chi connectivity index (χ4v) is 5.27. The number of fused-ring (bicyclic) bond motifs is 6. The SMILES string of the molecule is Brc1ccc(-c2cc(-c3ccc4[nH]c5ccccc5c4c3)cc3c2[nH]c2ccccc23)cc1. The van der Waals surface area contributed by atoms with Gasteiger partial charge in [0.15, 0.2) is 0 Å². The van der Waals surface area contributed by atoms with Crippen molar-refractivity contribution in [3.63, 3.8) is 0 Å². The van der Waals surface area contributed by atoms with Crippen LogP contribution in [0.1, 0.15) is 0 Å². The monoisotopic (exact) mass is 486 g/mol. The summed E-state index contributed by atoms with van der Waals surface area (Å²) in [4.78, 5) is 7.21. The number of para-hydroxylation sites is 2. The fraction of sp³-hybridized carbons (Fsp3) is 0. The highest BCUT2D eigenvalue weighted by atomic mass is 79.9. The van der Waals surface area contributed by atoms with Gasteiger partial charge in [-0.2, -0.15) is 0 Å². The van der Waals surface area contributed by atoms with E-state index >= 15 is 0 Å². The molecule has 0 saturated heterocycles. The van der Waals surface area contributed by atoms with Gasteiger partial charge in [-0.1, -0.05) is 70.5 Å². The molecule has 2 heterocycles. The van der Waals surface area contributed by atoms with E-state index in [0.29, 0.717) is 0 Å². The average molecular weight is 487 g/mol. The fourth-order valence-electron chi connectivity index (χ4n) is 5.00. The van der Waals surface area contributed by atoms with Crippen molar-refractivity contribution in [2.24, 2.45) is 0 Å². The van der Waals surface area contributed by atoms with Crippen LogP contribution in [-0.4, -0.2) is 9.97 Å². The first-order valence-electron chi connectivity index (χ1n) is 11.1. The van der Waals surface area contributed by atoms with Gasteiger partial charge in [0.25, 0.3) is 0 Å². The molecule has 156 valence electrons. The van der Waals surface area contributed by atoms with Crippen LogP contribution in [0.4, 0.5) is 0 Å². The van der Waals surface area contributed by atoms with Crippen LogP contribution in [0.2, 0.25) is 0 Å². The maximum atomic E-state index is 3.67. The summed E-state index contributed by atoms with van der Waals surface area (Å²) in [6.07, 6.45) is 0. The molecular weight excluding hydrogens is 468 g/mol. The van der Waals surface area contributed by atoms with Gasteiger partial charge in [-0.05, 0) is 65.2 Å². The molecule has 3 heteroatoms. The van der Waals surface area contributed by atoms with Gasteiger partial charge < -0.3 is 9.97 Å². The van der Waals surface area contributed by atoms with Gasteiger partial charge in [-0.15, -0.1) is 0 Å². The first-order valence-corrected chi connectivity index (χ1v) is 11.9. The summed E-state index contributed by atoms with van der Waals surface area (Å²) in [5.74, 6) is 0. The smallest absolute Gasteiger partial charge is 0.0544 e. The molecule has 2 nitrogen and oxygen atoms in total. The lowest BCUT2D eigenvalue weighted by atomic mass is 9.95. The summed E-state index contributed by atoms with van der Waals surface area (Å²) in [6.45, 7) is 0. The molecule has 2 aromatic heterocycles. The molecule has 0 bridgehead atoms. The van der Waals surface area contributed by atoms with E-state index in [9.17, 15) is 0 Å². The molecule has 0 aliphatic carbocycles. The molecule has 7 rings (SSSR count). The van der Waals surface area contributed by atoms with Gasteiger partial charge >= 0.3 is 0 Å². The average Bonchev–Trinajstić information content (AvgIpc) is 3.42. The number of nitrogens with one attached hydrogen (secondary N) is 2. The van der Waals surface area contributed by atoms with Crippen LogP contribution in [0.3, 0.4) is 0 Å². The van der Waals surface area contributed by atoms with E-state index in [1.54, 1.807) is 0 Å². The molecule has 0 atom stereocenters. The molecule has 0 aliphatic heterocycles. The molecule has 0 unspecified atom stereocenters. The number of hydrogen-bond donors (Lipinski definition) is 2. The van der Waals surface area contributed by atoms with E-state index in [4.69, 9.17) is 0 Å². The maximum absolute atomic E-state index is 3.67. The zero-order valence-electron chi connectivity index (χ0n) is 17.7. The molecule has 33 heavy (non-hydrogen) atoms. The Bertz CT molecular complexity index is 1820. The molecule has 0 aliphatic rings. The third-order valence-corrected chi connectivity index (χ3v) is 7.14. The van der Waals surface area contributed by atoms with Crippen molar-refractivity contribution >= 4 is 59.5 Å². The molecular formula is C30H19BrN2. The van der Waals surface area contributed by atoms with Gasteiger partial charge in [0.2, 0.25) is 0 Å². The number of hydrogen-bond acceptors (Lipinski definition) is 0. The lowest BCUT2D eigenvalue weighted by Crippen LogP contribution is -1.85. The van der Waals surface area contributed by atoms with Crippen LogP contribution in [0.15, 0.2) is 108 Å². The van der Waals surface area contributed by atoms with Crippen molar-refractivity contribution in [3.05, 3.63) is 108 Å². The third-order valence-electron chi connectivity index (χ3n) is 6.61. The lowest BCUT2D eigenvalue weighted by Gasteiger charge is -2.10. The standard InChI is InChI=1S/C30H19BrN2/c31-21-12-9-18(10-13-21)24-16-20(17-26-23-6-2-4-8-28(23)33-30(24)26)19-11-14-29-25(15-19)22-5-1-3-7-27(22)32-29/h1-17,32-33H. The van der Waals surface area contributed by atoms with Crippen molar-refractivity contribution in [2.75, 3.05) is 0 Å². The Hall–Kier alpha value is -3.82. The van der Waals surface area contributed by atoms with Gasteiger partial charge in [0.05, 0.1) is 5.52 Å². The summed E-state index contributed by atoms with van der Waals surface area (Å²) >= 11 is 3.58. The minimum atomic E-state index is 1.08. The number of halogens is 1. The normalized spacial score (nSPS) is 11.8. The number of benzene rings is 5.